The lowest BCUT2D eigenvalue weighted by Crippen LogP contribution is -2.36. The van der Waals surface area contributed by atoms with Crippen molar-refractivity contribution in [2.24, 2.45) is 0 Å². The zero-order valence-corrected chi connectivity index (χ0v) is 6.51. The van der Waals surface area contributed by atoms with Crippen LogP contribution in [0.4, 0.5) is 0 Å². The van der Waals surface area contributed by atoms with Crippen LogP contribution >= 0.6 is 0 Å². The quantitative estimate of drug-likeness (QED) is 0.547. The van der Waals surface area contributed by atoms with E-state index in [0.717, 1.165) is 13.1 Å². The summed E-state index contributed by atoms with van der Waals surface area (Å²) in [5.41, 5.74) is 0. The predicted molar refractivity (Wildman–Crippen MR) is 40.5 cm³/mol. The van der Waals surface area contributed by atoms with E-state index in [0.29, 0.717) is 0 Å². The van der Waals surface area contributed by atoms with Crippen LogP contribution in [0.1, 0.15) is 26.2 Å². The minimum atomic E-state index is 0.125. The van der Waals surface area contributed by atoms with Crippen LogP contribution in [-0.2, 0) is 0 Å². The van der Waals surface area contributed by atoms with E-state index in [1.54, 1.807) is 0 Å². The molecule has 1 aliphatic rings. The predicted octanol–water partition coefficient (Wildman–Crippen LogP) is 1.38. The normalized spacial score (nSPS) is 23.6. The summed E-state index contributed by atoms with van der Waals surface area (Å²) in [6.45, 7) is 4.22. The van der Waals surface area contributed by atoms with Crippen molar-refractivity contribution < 1.29 is 0 Å². The second kappa shape index (κ2) is 3.58. The van der Waals surface area contributed by atoms with Gasteiger partial charge in [-0.25, -0.2) is 0 Å². The van der Waals surface area contributed by atoms with E-state index in [1.165, 1.54) is 19.3 Å². The highest BCUT2D eigenvalue weighted by Gasteiger charge is 2.14. The number of hydrogen-bond donors (Lipinski definition) is 0. The highest BCUT2D eigenvalue weighted by Crippen LogP contribution is 2.10. The number of likely N-dealkylation sites (tertiary alicyclic amines) is 1. The summed E-state index contributed by atoms with van der Waals surface area (Å²) in [4.78, 5) is 2.25. The summed E-state index contributed by atoms with van der Waals surface area (Å²) in [6.07, 6.45) is 3.88. The summed E-state index contributed by atoms with van der Waals surface area (Å²) in [5, 5.41) is 8.60. The second-order valence-electron chi connectivity index (χ2n) is 2.90. The van der Waals surface area contributed by atoms with Gasteiger partial charge in [0.1, 0.15) is 0 Å². The molecular weight excluding hydrogens is 124 g/mol. The lowest BCUT2D eigenvalue weighted by Gasteiger charge is -2.28. The minimum absolute atomic E-state index is 0.125. The molecule has 1 fully saturated rings. The average molecular weight is 138 g/mol. The molecule has 0 bridgehead atoms. The van der Waals surface area contributed by atoms with Crippen LogP contribution in [0.3, 0.4) is 0 Å². The van der Waals surface area contributed by atoms with E-state index >= 15 is 0 Å². The summed E-state index contributed by atoms with van der Waals surface area (Å²) in [6, 6.07) is 2.39. The molecule has 0 saturated carbocycles. The molecule has 0 N–H and O–H groups in total. The average Bonchev–Trinajstić information content (AvgIpc) is 2.05. The molecule has 1 atom stereocenters. The van der Waals surface area contributed by atoms with Crippen molar-refractivity contribution in [3.8, 4) is 6.07 Å². The fraction of sp³-hybridized carbons (Fsp3) is 0.875. The Morgan fingerprint density at radius 1 is 1.30 bits per heavy atom. The molecule has 2 nitrogen and oxygen atoms in total. The van der Waals surface area contributed by atoms with Crippen molar-refractivity contribution in [3.63, 3.8) is 0 Å². The Bertz CT molecular complexity index is 131. The number of nitriles is 1. The van der Waals surface area contributed by atoms with E-state index < -0.39 is 0 Å². The van der Waals surface area contributed by atoms with Crippen LogP contribution in [0.25, 0.3) is 0 Å². The first-order valence-electron chi connectivity index (χ1n) is 3.98. The van der Waals surface area contributed by atoms with Gasteiger partial charge in [-0.05, 0) is 32.9 Å². The highest BCUT2D eigenvalue weighted by atomic mass is 15.1. The lowest BCUT2D eigenvalue weighted by atomic mass is 10.1. The molecule has 0 radical (unpaired) electrons. The lowest BCUT2D eigenvalue weighted by molar-refractivity contribution is 0.205. The summed E-state index contributed by atoms with van der Waals surface area (Å²) in [7, 11) is 0. The van der Waals surface area contributed by atoms with Gasteiger partial charge >= 0.3 is 0 Å². The molecule has 0 aromatic carbocycles. The molecule has 10 heavy (non-hydrogen) atoms. The van der Waals surface area contributed by atoms with Gasteiger partial charge in [-0.15, -0.1) is 0 Å². The third-order valence-electron chi connectivity index (χ3n) is 2.13. The first-order chi connectivity index (χ1) is 4.84. The van der Waals surface area contributed by atoms with Crippen LogP contribution in [0.5, 0.6) is 0 Å². The zero-order valence-electron chi connectivity index (χ0n) is 6.51. The van der Waals surface area contributed by atoms with Gasteiger partial charge in [-0.3, -0.25) is 4.90 Å². The van der Waals surface area contributed by atoms with Gasteiger partial charge in [0, 0.05) is 0 Å². The molecule has 56 valence electrons. The van der Waals surface area contributed by atoms with E-state index in [2.05, 4.69) is 11.0 Å². The Kier molecular flexibility index (Phi) is 2.70. The minimum Gasteiger partial charge on any atom is -0.288 e. The Balaban J connectivity index is 2.33. The van der Waals surface area contributed by atoms with Crippen molar-refractivity contribution in [1.29, 1.82) is 5.26 Å². The Hall–Kier alpha value is -0.550. The molecular formula is C8H14N2. The van der Waals surface area contributed by atoms with Crippen molar-refractivity contribution in [1.82, 2.24) is 4.90 Å². The second-order valence-corrected chi connectivity index (χ2v) is 2.90. The smallest absolute Gasteiger partial charge is 0.0949 e. The first-order valence-corrected chi connectivity index (χ1v) is 3.98. The molecule has 1 saturated heterocycles. The topological polar surface area (TPSA) is 27.0 Å². The van der Waals surface area contributed by atoms with Gasteiger partial charge in [-0.2, -0.15) is 5.26 Å². The SMILES string of the molecule is C[C@H](C#N)N1CCCCC1. The summed E-state index contributed by atoms with van der Waals surface area (Å²) >= 11 is 0. The maximum atomic E-state index is 8.60. The Morgan fingerprint density at radius 2 is 1.90 bits per heavy atom. The third kappa shape index (κ3) is 1.71. The highest BCUT2D eigenvalue weighted by molar-refractivity contribution is 4.88. The molecule has 1 heterocycles. The van der Waals surface area contributed by atoms with Crippen molar-refractivity contribution in [3.05, 3.63) is 0 Å². The van der Waals surface area contributed by atoms with Gasteiger partial charge < -0.3 is 0 Å². The van der Waals surface area contributed by atoms with Gasteiger partial charge in [0.05, 0.1) is 12.1 Å². The van der Waals surface area contributed by atoms with Crippen LogP contribution in [0, 0.1) is 11.3 Å². The fourth-order valence-electron chi connectivity index (χ4n) is 1.39. The van der Waals surface area contributed by atoms with Crippen LogP contribution in [-0.4, -0.2) is 24.0 Å². The van der Waals surface area contributed by atoms with E-state index in [1.807, 2.05) is 6.92 Å². The van der Waals surface area contributed by atoms with Crippen molar-refractivity contribution >= 4 is 0 Å². The third-order valence-corrected chi connectivity index (χ3v) is 2.13. The van der Waals surface area contributed by atoms with E-state index in [4.69, 9.17) is 5.26 Å². The number of hydrogen-bond acceptors (Lipinski definition) is 2. The zero-order chi connectivity index (χ0) is 7.40. The molecule has 0 unspecified atom stereocenters. The number of piperidine rings is 1. The molecule has 0 aromatic heterocycles. The summed E-state index contributed by atoms with van der Waals surface area (Å²) in [5.74, 6) is 0. The Morgan fingerprint density at radius 3 is 2.40 bits per heavy atom. The van der Waals surface area contributed by atoms with E-state index in [-0.39, 0.29) is 6.04 Å². The van der Waals surface area contributed by atoms with Gasteiger partial charge in [0.15, 0.2) is 0 Å². The molecule has 2 heteroatoms. The monoisotopic (exact) mass is 138 g/mol. The molecule has 0 amide bonds. The molecule has 1 aliphatic heterocycles. The standard InChI is InChI=1S/C8H14N2/c1-8(7-9)10-5-3-2-4-6-10/h8H,2-6H2,1H3/t8-/m1/s1. The molecule has 0 aromatic rings. The maximum absolute atomic E-state index is 8.60. The maximum Gasteiger partial charge on any atom is 0.0949 e. The number of nitrogens with zero attached hydrogens (tertiary/aromatic N) is 2. The number of rotatable bonds is 1. The Labute approximate surface area is 62.4 Å². The molecule has 0 aliphatic carbocycles. The molecule has 0 spiro atoms. The van der Waals surface area contributed by atoms with Crippen LogP contribution in [0.15, 0.2) is 0 Å². The largest absolute Gasteiger partial charge is 0.288 e. The first kappa shape index (κ1) is 7.56. The van der Waals surface area contributed by atoms with Crippen molar-refractivity contribution in [2.45, 2.75) is 32.2 Å². The van der Waals surface area contributed by atoms with Crippen LogP contribution < -0.4 is 0 Å². The fourth-order valence-corrected chi connectivity index (χ4v) is 1.39. The van der Waals surface area contributed by atoms with Gasteiger partial charge in [-0.1, -0.05) is 6.42 Å². The molecule has 1 rings (SSSR count). The van der Waals surface area contributed by atoms with Crippen LogP contribution in [0.2, 0.25) is 0 Å². The van der Waals surface area contributed by atoms with Gasteiger partial charge in [0.25, 0.3) is 0 Å². The summed E-state index contributed by atoms with van der Waals surface area (Å²) < 4.78 is 0. The van der Waals surface area contributed by atoms with Crippen molar-refractivity contribution in [2.75, 3.05) is 13.1 Å². The van der Waals surface area contributed by atoms with E-state index in [9.17, 15) is 0 Å². The van der Waals surface area contributed by atoms with Gasteiger partial charge in [0.2, 0.25) is 0 Å².